The number of hydrogen-bond donors (Lipinski definition) is 2. The summed E-state index contributed by atoms with van der Waals surface area (Å²) >= 11 is 0. The molecule has 0 unspecified atom stereocenters. The molecule has 0 aliphatic carbocycles. The number of rotatable bonds is 4. The summed E-state index contributed by atoms with van der Waals surface area (Å²) in [6.07, 6.45) is -0.513. The van der Waals surface area contributed by atoms with Gasteiger partial charge in [-0.15, -0.1) is 0 Å². The van der Waals surface area contributed by atoms with Crippen LogP contribution in [0, 0.1) is 0 Å². The van der Waals surface area contributed by atoms with Gasteiger partial charge in [0, 0.05) is 12.1 Å². The zero-order chi connectivity index (χ0) is 11.2. The molecule has 0 bridgehead atoms. The Hall–Kier alpha value is -0.810. The average molecular weight is 205 g/mol. The van der Waals surface area contributed by atoms with Crippen molar-refractivity contribution in [1.82, 2.24) is 4.90 Å². The van der Waals surface area contributed by atoms with E-state index in [4.69, 9.17) is 14.9 Å². The van der Waals surface area contributed by atoms with Crippen LogP contribution in [0.2, 0.25) is 0 Å². The van der Waals surface area contributed by atoms with Crippen molar-refractivity contribution in [1.29, 1.82) is 0 Å². The van der Waals surface area contributed by atoms with Gasteiger partial charge in [0.1, 0.15) is 6.61 Å². The van der Waals surface area contributed by atoms with E-state index in [1.54, 1.807) is 0 Å². The van der Waals surface area contributed by atoms with E-state index >= 15 is 0 Å². The number of carbonyl (C=O) groups is 1. The van der Waals surface area contributed by atoms with Crippen LogP contribution in [0.3, 0.4) is 0 Å². The SMILES string of the molecule is CC(C)(C)N(CCO)C(=O)OCCO. The smallest absolute Gasteiger partial charge is 0.410 e. The molecule has 14 heavy (non-hydrogen) atoms. The summed E-state index contributed by atoms with van der Waals surface area (Å²) in [5.74, 6) is 0. The maximum atomic E-state index is 11.4. The van der Waals surface area contributed by atoms with Crippen molar-refractivity contribution in [2.45, 2.75) is 26.3 Å². The van der Waals surface area contributed by atoms with E-state index in [9.17, 15) is 4.79 Å². The highest BCUT2D eigenvalue weighted by Gasteiger charge is 2.26. The molecular weight excluding hydrogens is 186 g/mol. The van der Waals surface area contributed by atoms with Crippen molar-refractivity contribution in [2.24, 2.45) is 0 Å². The summed E-state index contributed by atoms with van der Waals surface area (Å²) in [7, 11) is 0. The molecule has 0 aromatic rings. The second kappa shape index (κ2) is 5.82. The van der Waals surface area contributed by atoms with Crippen molar-refractivity contribution in [2.75, 3.05) is 26.4 Å². The molecule has 1 amide bonds. The Morgan fingerprint density at radius 2 is 1.86 bits per heavy atom. The molecule has 0 aromatic carbocycles. The first-order valence-corrected chi connectivity index (χ1v) is 4.59. The third-order valence-corrected chi connectivity index (χ3v) is 1.67. The molecule has 84 valence electrons. The Bertz CT molecular complexity index is 176. The van der Waals surface area contributed by atoms with Gasteiger partial charge in [-0.05, 0) is 20.8 Å². The van der Waals surface area contributed by atoms with Crippen LogP contribution in [0.15, 0.2) is 0 Å². The van der Waals surface area contributed by atoms with Crippen LogP contribution in [-0.2, 0) is 4.74 Å². The van der Waals surface area contributed by atoms with Gasteiger partial charge in [0.25, 0.3) is 0 Å². The normalized spacial score (nSPS) is 11.2. The predicted molar refractivity (Wildman–Crippen MR) is 52.0 cm³/mol. The van der Waals surface area contributed by atoms with E-state index in [2.05, 4.69) is 0 Å². The summed E-state index contributed by atoms with van der Waals surface area (Å²) in [6.45, 7) is 5.47. The van der Waals surface area contributed by atoms with Gasteiger partial charge in [0.2, 0.25) is 0 Å². The van der Waals surface area contributed by atoms with E-state index in [-0.39, 0.29) is 26.4 Å². The second-order valence-corrected chi connectivity index (χ2v) is 3.88. The zero-order valence-corrected chi connectivity index (χ0v) is 8.99. The number of carbonyl (C=O) groups excluding carboxylic acids is 1. The molecule has 0 spiro atoms. The number of amides is 1. The number of aliphatic hydroxyl groups excluding tert-OH is 2. The highest BCUT2D eigenvalue weighted by molar-refractivity contribution is 5.68. The summed E-state index contributed by atoms with van der Waals surface area (Å²) in [5, 5.41) is 17.3. The highest BCUT2D eigenvalue weighted by Crippen LogP contribution is 2.13. The zero-order valence-electron chi connectivity index (χ0n) is 8.99. The van der Waals surface area contributed by atoms with Gasteiger partial charge in [0.05, 0.1) is 13.2 Å². The molecular formula is C9H19NO4. The van der Waals surface area contributed by atoms with Gasteiger partial charge in [-0.25, -0.2) is 4.79 Å². The molecule has 2 N–H and O–H groups in total. The molecule has 0 saturated carbocycles. The van der Waals surface area contributed by atoms with E-state index in [0.717, 1.165) is 0 Å². The summed E-state index contributed by atoms with van der Waals surface area (Å²) in [4.78, 5) is 12.8. The maximum absolute atomic E-state index is 11.4. The van der Waals surface area contributed by atoms with Gasteiger partial charge in [-0.3, -0.25) is 0 Å². The summed E-state index contributed by atoms with van der Waals surface area (Å²) in [6, 6.07) is 0. The van der Waals surface area contributed by atoms with Gasteiger partial charge in [-0.2, -0.15) is 0 Å². The highest BCUT2D eigenvalue weighted by atomic mass is 16.6. The lowest BCUT2D eigenvalue weighted by Gasteiger charge is -2.34. The molecule has 0 aliphatic heterocycles. The minimum absolute atomic E-state index is 0.0170. The summed E-state index contributed by atoms with van der Waals surface area (Å²) < 4.78 is 4.76. The molecule has 0 radical (unpaired) electrons. The van der Waals surface area contributed by atoms with E-state index in [1.807, 2.05) is 20.8 Å². The van der Waals surface area contributed by atoms with Crippen molar-refractivity contribution < 1.29 is 19.7 Å². The fraction of sp³-hybridized carbons (Fsp3) is 0.889. The Kier molecular flexibility index (Phi) is 5.49. The first-order valence-electron chi connectivity index (χ1n) is 4.59. The molecule has 0 atom stereocenters. The molecule has 0 saturated heterocycles. The van der Waals surface area contributed by atoms with Gasteiger partial charge in [0.15, 0.2) is 0 Å². The van der Waals surface area contributed by atoms with Gasteiger partial charge >= 0.3 is 6.09 Å². The number of nitrogens with zero attached hydrogens (tertiary/aromatic N) is 1. The first kappa shape index (κ1) is 13.2. The van der Waals surface area contributed by atoms with E-state index < -0.39 is 11.6 Å². The number of β-amino-alcohol motifs (C(OH)–C–C–N with tert-alkyl or cyclic N) is 1. The first-order chi connectivity index (χ1) is 6.43. The number of hydrogen-bond acceptors (Lipinski definition) is 4. The van der Waals surface area contributed by atoms with Crippen LogP contribution in [0.25, 0.3) is 0 Å². The molecule has 5 nitrogen and oxygen atoms in total. The Labute approximate surface area is 84.3 Å². The topological polar surface area (TPSA) is 70.0 Å². The largest absolute Gasteiger partial charge is 0.447 e. The van der Waals surface area contributed by atoms with Crippen LogP contribution in [0.1, 0.15) is 20.8 Å². The standard InChI is InChI=1S/C9H19NO4/c1-9(2,3)10(4-5-11)8(13)14-7-6-12/h11-12H,4-7H2,1-3H3. The van der Waals surface area contributed by atoms with Crippen molar-refractivity contribution in [3.05, 3.63) is 0 Å². The number of ether oxygens (including phenoxy) is 1. The van der Waals surface area contributed by atoms with Crippen LogP contribution in [0.4, 0.5) is 4.79 Å². The van der Waals surface area contributed by atoms with Crippen LogP contribution in [-0.4, -0.2) is 53.1 Å². The van der Waals surface area contributed by atoms with Gasteiger partial charge in [-0.1, -0.05) is 0 Å². The molecule has 0 aromatic heterocycles. The van der Waals surface area contributed by atoms with Gasteiger partial charge < -0.3 is 19.8 Å². The molecule has 0 aliphatic rings. The minimum atomic E-state index is -0.513. The number of aliphatic hydroxyl groups is 2. The molecule has 0 heterocycles. The van der Waals surface area contributed by atoms with Crippen LogP contribution in [0.5, 0.6) is 0 Å². The van der Waals surface area contributed by atoms with Crippen molar-refractivity contribution >= 4 is 6.09 Å². The third kappa shape index (κ3) is 4.43. The monoisotopic (exact) mass is 205 g/mol. The average Bonchev–Trinajstić information content (AvgIpc) is 2.08. The molecule has 0 fully saturated rings. The third-order valence-electron chi connectivity index (χ3n) is 1.67. The fourth-order valence-electron chi connectivity index (χ4n) is 1.01. The van der Waals surface area contributed by atoms with Crippen LogP contribution < -0.4 is 0 Å². The molecule has 0 rings (SSSR count). The predicted octanol–water partition coefficient (Wildman–Crippen LogP) is 0.208. The molecule has 5 heteroatoms. The van der Waals surface area contributed by atoms with E-state index in [1.165, 1.54) is 4.90 Å². The Morgan fingerprint density at radius 1 is 1.29 bits per heavy atom. The van der Waals surface area contributed by atoms with Crippen molar-refractivity contribution in [3.63, 3.8) is 0 Å². The van der Waals surface area contributed by atoms with Crippen molar-refractivity contribution in [3.8, 4) is 0 Å². The van der Waals surface area contributed by atoms with E-state index in [0.29, 0.717) is 0 Å². The fourth-order valence-corrected chi connectivity index (χ4v) is 1.01. The Balaban J connectivity index is 4.26. The Morgan fingerprint density at radius 3 is 2.21 bits per heavy atom. The maximum Gasteiger partial charge on any atom is 0.410 e. The lowest BCUT2D eigenvalue weighted by atomic mass is 10.1. The summed E-state index contributed by atoms with van der Waals surface area (Å²) in [5.41, 5.74) is -0.394. The lowest BCUT2D eigenvalue weighted by molar-refractivity contribution is 0.0479. The second-order valence-electron chi connectivity index (χ2n) is 3.88. The van der Waals surface area contributed by atoms with Crippen LogP contribution >= 0.6 is 0 Å². The quantitative estimate of drug-likeness (QED) is 0.688. The lowest BCUT2D eigenvalue weighted by Crippen LogP contribution is -2.47. The minimum Gasteiger partial charge on any atom is -0.447 e.